The van der Waals surface area contributed by atoms with Crippen LogP contribution in [0.15, 0.2) is 52.9 Å². The predicted molar refractivity (Wildman–Crippen MR) is 92.9 cm³/mol. The van der Waals surface area contributed by atoms with Gasteiger partial charge in [-0.25, -0.2) is 8.42 Å². The molecule has 120 valence electrons. The topological polar surface area (TPSA) is 64.0 Å². The third-order valence-electron chi connectivity index (χ3n) is 2.98. The van der Waals surface area contributed by atoms with Gasteiger partial charge < -0.3 is 0 Å². The highest BCUT2D eigenvalue weighted by Gasteiger charge is 2.18. The van der Waals surface area contributed by atoms with Crippen molar-refractivity contribution in [2.24, 2.45) is 0 Å². The van der Waals surface area contributed by atoms with Crippen molar-refractivity contribution in [2.45, 2.75) is 10.8 Å². The molecule has 0 saturated carbocycles. The van der Waals surface area contributed by atoms with Crippen LogP contribution in [0.3, 0.4) is 0 Å². The largest absolute Gasteiger partial charge is 0.272 e. The first-order chi connectivity index (χ1) is 10.9. The number of nitrogens with zero attached hydrogens (tertiary/aromatic N) is 2. The van der Waals surface area contributed by atoms with Crippen LogP contribution >= 0.6 is 34.5 Å². The van der Waals surface area contributed by atoms with Crippen molar-refractivity contribution in [3.63, 3.8) is 0 Å². The second-order valence-electron chi connectivity index (χ2n) is 4.65. The minimum atomic E-state index is -3.68. The standard InChI is InChI=1S/C14H11Cl2N3O2S2/c15-11-4-2-1-3-10(11)9-19-8-7-13(17-19)18-23(20,21)14-6-5-12(16)22-14/h1-8H,9H2,(H,17,18). The Morgan fingerprint density at radius 2 is 1.91 bits per heavy atom. The highest BCUT2D eigenvalue weighted by Crippen LogP contribution is 2.27. The Morgan fingerprint density at radius 3 is 2.61 bits per heavy atom. The van der Waals surface area contributed by atoms with Crippen LogP contribution in [0, 0.1) is 0 Å². The average Bonchev–Trinajstić information content (AvgIpc) is 3.11. The van der Waals surface area contributed by atoms with E-state index < -0.39 is 10.0 Å². The van der Waals surface area contributed by atoms with E-state index in [-0.39, 0.29) is 10.0 Å². The summed E-state index contributed by atoms with van der Waals surface area (Å²) in [7, 11) is -3.68. The Labute approximate surface area is 147 Å². The number of thiophene rings is 1. The van der Waals surface area contributed by atoms with Crippen molar-refractivity contribution >= 4 is 50.4 Å². The third-order valence-corrected chi connectivity index (χ3v) is 6.43. The van der Waals surface area contributed by atoms with Gasteiger partial charge in [-0.15, -0.1) is 11.3 Å². The van der Waals surface area contributed by atoms with E-state index in [0.29, 0.717) is 15.9 Å². The summed E-state index contributed by atoms with van der Waals surface area (Å²) in [6.45, 7) is 0.451. The minimum absolute atomic E-state index is 0.142. The Hall–Kier alpha value is -1.54. The summed E-state index contributed by atoms with van der Waals surface area (Å²) in [4.78, 5) is 0. The van der Waals surface area contributed by atoms with Crippen LogP contribution in [0.2, 0.25) is 9.36 Å². The number of halogens is 2. The molecular weight excluding hydrogens is 377 g/mol. The molecule has 3 aromatic rings. The number of rotatable bonds is 5. The SMILES string of the molecule is O=S(=O)(Nc1ccn(Cc2ccccc2Cl)n1)c1ccc(Cl)s1. The van der Waals surface area contributed by atoms with Gasteiger partial charge in [-0.3, -0.25) is 9.40 Å². The molecule has 0 aliphatic heterocycles. The average molecular weight is 388 g/mol. The predicted octanol–water partition coefficient (Wildman–Crippen LogP) is 4.10. The van der Waals surface area contributed by atoms with Gasteiger partial charge in [0.1, 0.15) is 4.21 Å². The molecule has 9 heteroatoms. The van der Waals surface area contributed by atoms with E-state index in [1.165, 1.54) is 12.1 Å². The van der Waals surface area contributed by atoms with E-state index in [2.05, 4.69) is 9.82 Å². The van der Waals surface area contributed by atoms with Crippen molar-refractivity contribution < 1.29 is 8.42 Å². The minimum Gasteiger partial charge on any atom is -0.266 e. The fourth-order valence-corrected chi connectivity index (χ4v) is 4.61. The van der Waals surface area contributed by atoms with Gasteiger partial charge in [0.15, 0.2) is 5.82 Å². The molecule has 23 heavy (non-hydrogen) atoms. The second kappa shape index (κ2) is 6.52. The van der Waals surface area contributed by atoms with Gasteiger partial charge in [-0.1, -0.05) is 41.4 Å². The zero-order valence-electron chi connectivity index (χ0n) is 11.6. The zero-order chi connectivity index (χ0) is 16.4. The number of hydrogen-bond donors (Lipinski definition) is 1. The fourth-order valence-electron chi connectivity index (χ4n) is 1.94. The number of nitrogens with one attached hydrogen (secondary N) is 1. The number of benzene rings is 1. The molecule has 2 heterocycles. The smallest absolute Gasteiger partial charge is 0.266 e. The van der Waals surface area contributed by atoms with Crippen LogP contribution in [0.25, 0.3) is 0 Å². The van der Waals surface area contributed by atoms with Gasteiger partial charge in [0, 0.05) is 17.3 Å². The molecule has 0 saturated heterocycles. The van der Waals surface area contributed by atoms with Gasteiger partial charge in [-0.05, 0) is 23.8 Å². The molecule has 0 amide bonds. The Bertz CT molecular complexity index is 935. The molecule has 1 N–H and O–H groups in total. The summed E-state index contributed by atoms with van der Waals surface area (Å²) in [6.07, 6.45) is 1.68. The van der Waals surface area contributed by atoms with Crippen LogP contribution < -0.4 is 4.72 Å². The van der Waals surface area contributed by atoms with Crippen LogP contribution in [-0.2, 0) is 16.6 Å². The zero-order valence-corrected chi connectivity index (χ0v) is 14.8. The van der Waals surface area contributed by atoms with Gasteiger partial charge in [0.2, 0.25) is 0 Å². The molecule has 0 spiro atoms. The van der Waals surface area contributed by atoms with Crippen molar-refractivity contribution in [1.29, 1.82) is 0 Å². The molecule has 3 rings (SSSR count). The molecule has 0 aliphatic carbocycles. The lowest BCUT2D eigenvalue weighted by molar-refractivity contribution is 0.602. The highest BCUT2D eigenvalue weighted by molar-refractivity contribution is 7.94. The van der Waals surface area contributed by atoms with E-state index in [0.717, 1.165) is 16.9 Å². The molecule has 0 bridgehead atoms. The van der Waals surface area contributed by atoms with Crippen molar-refractivity contribution in [3.8, 4) is 0 Å². The summed E-state index contributed by atoms with van der Waals surface area (Å²) in [5, 5.41) is 4.84. The number of hydrogen-bond acceptors (Lipinski definition) is 4. The van der Waals surface area contributed by atoms with Crippen LogP contribution in [0.5, 0.6) is 0 Å². The first kappa shape index (κ1) is 16.3. The van der Waals surface area contributed by atoms with E-state index in [9.17, 15) is 8.42 Å². The second-order valence-corrected chi connectivity index (χ2v) is 8.69. The van der Waals surface area contributed by atoms with E-state index >= 15 is 0 Å². The molecule has 0 radical (unpaired) electrons. The molecular formula is C14H11Cl2N3O2S2. The fraction of sp³-hybridized carbons (Fsp3) is 0.0714. The van der Waals surface area contributed by atoms with E-state index in [1.807, 2.05) is 18.2 Å². The molecule has 5 nitrogen and oxygen atoms in total. The lowest BCUT2D eigenvalue weighted by Crippen LogP contribution is -2.12. The molecule has 1 aromatic carbocycles. The summed E-state index contributed by atoms with van der Waals surface area (Å²) >= 11 is 12.9. The number of sulfonamides is 1. The summed E-state index contributed by atoms with van der Waals surface area (Å²) in [5.74, 6) is 0.238. The Morgan fingerprint density at radius 1 is 1.13 bits per heavy atom. The highest BCUT2D eigenvalue weighted by atomic mass is 35.5. The lowest BCUT2D eigenvalue weighted by Gasteiger charge is -2.05. The van der Waals surface area contributed by atoms with Crippen molar-refractivity contribution in [3.05, 3.63) is 63.6 Å². The van der Waals surface area contributed by atoms with Gasteiger partial charge >= 0.3 is 0 Å². The molecule has 0 atom stereocenters. The molecule has 0 unspecified atom stereocenters. The number of anilines is 1. The van der Waals surface area contributed by atoms with E-state index in [1.54, 1.807) is 23.0 Å². The molecule has 0 fully saturated rings. The van der Waals surface area contributed by atoms with Crippen molar-refractivity contribution in [1.82, 2.24) is 9.78 Å². The summed E-state index contributed by atoms with van der Waals surface area (Å²) in [5.41, 5.74) is 0.900. The quantitative estimate of drug-likeness (QED) is 0.716. The van der Waals surface area contributed by atoms with Crippen LogP contribution in [0.4, 0.5) is 5.82 Å². The first-order valence-corrected chi connectivity index (χ1v) is 9.55. The Kier molecular flexibility index (Phi) is 4.63. The maximum Gasteiger partial charge on any atom is 0.272 e. The normalized spacial score (nSPS) is 11.6. The van der Waals surface area contributed by atoms with Crippen LogP contribution in [-0.4, -0.2) is 18.2 Å². The summed E-state index contributed by atoms with van der Waals surface area (Å²) < 4.78 is 29.0. The maximum atomic E-state index is 12.2. The van der Waals surface area contributed by atoms with Crippen LogP contribution in [0.1, 0.15) is 5.56 Å². The Balaban J connectivity index is 1.76. The van der Waals surface area contributed by atoms with Gasteiger partial charge in [0.05, 0.1) is 10.9 Å². The van der Waals surface area contributed by atoms with Crippen molar-refractivity contribution in [2.75, 3.05) is 4.72 Å². The third kappa shape index (κ3) is 3.87. The maximum absolute atomic E-state index is 12.2. The molecule has 0 aliphatic rings. The van der Waals surface area contributed by atoms with Gasteiger partial charge in [-0.2, -0.15) is 5.10 Å². The first-order valence-electron chi connectivity index (χ1n) is 6.49. The number of aromatic nitrogens is 2. The summed E-state index contributed by atoms with van der Waals surface area (Å²) in [6, 6.07) is 12.0. The molecule has 2 aromatic heterocycles. The van der Waals surface area contributed by atoms with Gasteiger partial charge in [0.25, 0.3) is 10.0 Å². The van der Waals surface area contributed by atoms with E-state index in [4.69, 9.17) is 23.2 Å². The monoisotopic (exact) mass is 387 g/mol. The lowest BCUT2D eigenvalue weighted by atomic mass is 10.2.